The van der Waals surface area contributed by atoms with Crippen molar-refractivity contribution in [2.45, 2.75) is 13.8 Å². The molecule has 0 atom stereocenters. The number of amides is 1. The van der Waals surface area contributed by atoms with E-state index in [9.17, 15) is 14.9 Å². The van der Waals surface area contributed by atoms with Crippen LogP contribution < -0.4 is 14.4 Å². The maximum Gasteiger partial charge on any atom is 0.269 e. The fourth-order valence-electron chi connectivity index (χ4n) is 3.37. The van der Waals surface area contributed by atoms with Gasteiger partial charge < -0.3 is 14.4 Å². The molecule has 0 saturated heterocycles. The average molecular weight is 442 g/mol. The maximum absolute atomic E-state index is 13.3. The first-order valence-electron chi connectivity index (χ1n) is 9.99. The first-order chi connectivity index (χ1) is 15.0. The Morgan fingerprint density at radius 1 is 1.13 bits per heavy atom. The Bertz CT molecular complexity index is 1070. The van der Waals surface area contributed by atoms with Crippen molar-refractivity contribution in [2.24, 2.45) is 0 Å². The molecule has 0 bridgehead atoms. The molecule has 162 valence electrons. The molecule has 4 rings (SSSR count). The normalized spacial score (nSPS) is 12.5. The number of benzene rings is 2. The molecule has 1 aliphatic rings. The third-order valence-corrected chi connectivity index (χ3v) is 6.25. The molecule has 3 aromatic rings. The molecule has 0 fully saturated rings. The third kappa shape index (κ3) is 4.30. The van der Waals surface area contributed by atoms with Crippen LogP contribution in [0, 0.1) is 10.1 Å². The quantitative estimate of drug-likeness (QED) is 0.385. The molecule has 1 aliphatic heterocycles. The molecule has 31 heavy (non-hydrogen) atoms. The van der Waals surface area contributed by atoms with E-state index in [1.54, 1.807) is 4.90 Å². The molecule has 1 aromatic heterocycles. The number of aromatic nitrogens is 1. The second-order valence-electron chi connectivity index (χ2n) is 6.96. The number of carbonyl (C=O) groups is 1. The van der Waals surface area contributed by atoms with Gasteiger partial charge in [0.05, 0.1) is 15.1 Å². The Balaban J connectivity index is 1.67. The van der Waals surface area contributed by atoms with Gasteiger partial charge in [-0.2, -0.15) is 0 Å². The minimum Gasteiger partial charge on any atom is -0.454 e. The number of nitrogens with zero attached hydrogens (tertiary/aromatic N) is 4. The fourth-order valence-corrected chi connectivity index (χ4v) is 4.37. The van der Waals surface area contributed by atoms with Crippen molar-refractivity contribution in [3.05, 3.63) is 52.1 Å². The number of thiazole rings is 1. The van der Waals surface area contributed by atoms with E-state index in [1.807, 2.05) is 12.1 Å². The van der Waals surface area contributed by atoms with E-state index in [0.29, 0.717) is 35.3 Å². The Kier molecular flexibility index (Phi) is 6.01. The zero-order valence-electron chi connectivity index (χ0n) is 17.2. The van der Waals surface area contributed by atoms with Crippen molar-refractivity contribution >= 4 is 38.3 Å². The van der Waals surface area contributed by atoms with Gasteiger partial charge in [-0.1, -0.05) is 25.2 Å². The van der Waals surface area contributed by atoms with Gasteiger partial charge in [0.15, 0.2) is 16.6 Å². The second-order valence-corrected chi connectivity index (χ2v) is 7.97. The van der Waals surface area contributed by atoms with Crippen LogP contribution in [0.4, 0.5) is 10.8 Å². The zero-order valence-corrected chi connectivity index (χ0v) is 18.1. The van der Waals surface area contributed by atoms with Crippen LogP contribution in [-0.2, 0) is 0 Å². The number of hydrogen-bond donors (Lipinski definition) is 0. The Morgan fingerprint density at radius 2 is 1.81 bits per heavy atom. The highest BCUT2D eigenvalue weighted by atomic mass is 32.1. The predicted molar refractivity (Wildman–Crippen MR) is 118 cm³/mol. The minimum atomic E-state index is -0.483. The molecule has 0 saturated carbocycles. The molecule has 2 aromatic carbocycles. The number of carbonyl (C=O) groups excluding carboxylic acids is 1. The summed E-state index contributed by atoms with van der Waals surface area (Å²) in [5, 5.41) is 11.5. The second kappa shape index (κ2) is 8.86. The first-order valence-corrected chi connectivity index (χ1v) is 10.8. The minimum absolute atomic E-state index is 0.0549. The highest BCUT2D eigenvalue weighted by molar-refractivity contribution is 7.22. The lowest BCUT2D eigenvalue weighted by Crippen LogP contribution is -2.38. The molecule has 1 amide bonds. The number of hydrogen-bond acceptors (Lipinski definition) is 8. The molecular formula is C21H22N4O5S. The number of ether oxygens (including phenoxy) is 2. The number of rotatable bonds is 8. The summed E-state index contributed by atoms with van der Waals surface area (Å²) in [6.07, 6.45) is 0. The summed E-state index contributed by atoms with van der Waals surface area (Å²) >= 11 is 1.40. The van der Waals surface area contributed by atoms with Crippen molar-refractivity contribution in [1.82, 2.24) is 9.88 Å². The van der Waals surface area contributed by atoms with E-state index < -0.39 is 4.92 Å². The summed E-state index contributed by atoms with van der Waals surface area (Å²) in [5.41, 5.74) is 1.05. The van der Waals surface area contributed by atoms with Crippen LogP contribution in [-0.4, -0.2) is 53.7 Å². The first kappa shape index (κ1) is 21.0. The fraction of sp³-hybridized carbons (Fsp3) is 0.333. The van der Waals surface area contributed by atoms with Crippen molar-refractivity contribution in [2.75, 3.05) is 37.9 Å². The molecule has 0 spiro atoms. The predicted octanol–water partition coefficient (Wildman–Crippen LogP) is 3.92. The highest BCUT2D eigenvalue weighted by Gasteiger charge is 2.24. The van der Waals surface area contributed by atoms with E-state index in [0.717, 1.165) is 23.3 Å². The van der Waals surface area contributed by atoms with Crippen molar-refractivity contribution in [3.8, 4) is 11.5 Å². The zero-order chi connectivity index (χ0) is 22.0. The summed E-state index contributed by atoms with van der Waals surface area (Å²) in [6.45, 7) is 7.22. The smallest absolute Gasteiger partial charge is 0.269 e. The highest BCUT2D eigenvalue weighted by Crippen LogP contribution is 2.40. The number of non-ortho nitro benzene ring substituents is 1. The van der Waals surface area contributed by atoms with E-state index in [1.165, 1.54) is 35.6 Å². The molecule has 0 aliphatic carbocycles. The number of nitro benzene ring substituents is 1. The van der Waals surface area contributed by atoms with E-state index in [2.05, 4.69) is 23.7 Å². The van der Waals surface area contributed by atoms with Gasteiger partial charge in [0.25, 0.3) is 11.6 Å². The molecule has 0 unspecified atom stereocenters. The van der Waals surface area contributed by atoms with Crippen LogP contribution in [0.5, 0.6) is 11.5 Å². The lowest BCUT2D eigenvalue weighted by Gasteiger charge is -2.24. The van der Waals surface area contributed by atoms with Crippen LogP contribution in [0.1, 0.15) is 24.2 Å². The standard InChI is InChI=1S/C21H22N4O5S/c1-3-23(4-2)9-10-24(20(26)14-5-7-15(8-6-14)25(27)28)21-22-16-11-17-18(30-13-29-17)12-19(16)31-21/h5-8,11-12H,3-4,9-10,13H2,1-2H3. The van der Waals surface area contributed by atoms with Crippen LogP contribution in [0.2, 0.25) is 0 Å². The van der Waals surface area contributed by atoms with Crippen LogP contribution in [0.15, 0.2) is 36.4 Å². The summed E-state index contributed by atoms with van der Waals surface area (Å²) in [4.78, 5) is 32.3. The topological polar surface area (TPSA) is 98.0 Å². The van der Waals surface area contributed by atoms with Crippen molar-refractivity contribution in [3.63, 3.8) is 0 Å². The summed E-state index contributed by atoms with van der Waals surface area (Å²) in [7, 11) is 0. The van der Waals surface area contributed by atoms with E-state index in [-0.39, 0.29) is 18.4 Å². The van der Waals surface area contributed by atoms with Crippen LogP contribution >= 0.6 is 11.3 Å². The van der Waals surface area contributed by atoms with Crippen LogP contribution in [0.25, 0.3) is 10.2 Å². The van der Waals surface area contributed by atoms with Gasteiger partial charge in [-0.25, -0.2) is 4.98 Å². The summed E-state index contributed by atoms with van der Waals surface area (Å²) in [6, 6.07) is 9.33. The number of nitro groups is 1. The van der Waals surface area contributed by atoms with Crippen molar-refractivity contribution in [1.29, 1.82) is 0 Å². The lowest BCUT2D eigenvalue weighted by atomic mass is 10.2. The van der Waals surface area contributed by atoms with Gasteiger partial charge in [0.2, 0.25) is 6.79 Å². The van der Waals surface area contributed by atoms with Crippen molar-refractivity contribution < 1.29 is 19.2 Å². The largest absolute Gasteiger partial charge is 0.454 e. The summed E-state index contributed by atoms with van der Waals surface area (Å²) < 4.78 is 11.8. The number of likely N-dealkylation sites (N-methyl/N-ethyl adjacent to an activating group) is 1. The summed E-state index contributed by atoms with van der Waals surface area (Å²) in [5.74, 6) is 1.06. The monoisotopic (exact) mass is 442 g/mol. The number of anilines is 1. The SMILES string of the molecule is CCN(CC)CCN(C(=O)c1ccc([N+](=O)[O-])cc1)c1nc2cc3c(cc2s1)OCO3. The molecule has 2 heterocycles. The third-order valence-electron chi connectivity index (χ3n) is 5.21. The average Bonchev–Trinajstić information content (AvgIpc) is 3.40. The molecule has 10 heteroatoms. The molecule has 0 radical (unpaired) electrons. The lowest BCUT2D eigenvalue weighted by molar-refractivity contribution is -0.384. The Morgan fingerprint density at radius 3 is 2.45 bits per heavy atom. The number of fused-ring (bicyclic) bond motifs is 2. The molecule has 0 N–H and O–H groups in total. The maximum atomic E-state index is 13.3. The van der Waals surface area contributed by atoms with E-state index >= 15 is 0 Å². The van der Waals surface area contributed by atoms with Gasteiger partial charge in [-0.3, -0.25) is 19.8 Å². The van der Waals surface area contributed by atoms with Gasteiger partial charge >= 0.3 is 0 Å². The van der Waals surface area contributed by atoms with Crippen LogP contribution in [0.3, 0.4) is 0 Å². The Labute approximate surface area is 183 Å². The Hall–Kier alpha value is -3.24. The van der Waals surface area contributed by atoms with Gasteiger partial charge in [0.1, 0.15) is 0 Å². The van der Waals surface area contributed by atoms with Gasteiger partial charge in [-0.15, -0.1) is 0 Å². The van der Waals surface area contributed by atoms with E-state index in [4.69, 9.17) is 9.47 Å². The molecular weight excluding hydrogens is 420 g/mol. The molecule has 9 nitrogen and oxygen atoms in total. The van der Waals surface area contributed by atoms with Gasteiger partial charge in [0, 0.05) is 42.9 Å². The van der Waals surface area contributed by atoms with Gasteiger partial charge in [-0.05, 0) is 25.2 Å².